The van der Waals surface area contributed by atoms with Gasteiger partial charge in [0.05, 0.1) is 11.7 Å². The summed E-state index contributed by atoms with van der Waals surface area (Å²) < 4.78 is 26.2. The average Bonchev–Trinajstić information content (AvgIpc) is 2.43. The highest BCUT2D eigenvalue weighted by molar-refractivity contribution is 5.94. The molecule has 0 aliphatic rings. The fourth-order valence-corrected chi connectivity index (χ4v) is 1.78. The van der Waals surface area contributed by atoms with E-state index in [-0.39, 0.29) is 5.69 Å². The van der Waals surface area contributed by atoms with Gasteiger partial charge in [0.25, 0.3) is 0 Å². The van der Waals surface area contributed by atoms with Gasteiger partial charge < -0.3 is 11.1 Å². The summed E-state index contributed by atoms with van der Waals surface area (Å²) in [4.78, 5) is 11.9. The summed E-state index contributed by atoms with van der Waals surface area (Å²) in [5.74, 6) is -2.04. The van der Waals surface area contributed by atoms with Gasteiger partial charge in [0, 0.05) is 6.07 Å². The smallest absolute Gasteiger partial charge is 0.241 e. The van der Waals surface area contributed by atoms with Crippen molar-refractivity contribution in [2.75, 3.05) is 5.32 Å². The van der Waals surface area contributed by atoms with Crippen LogP contribution in [0.2, 0.25) is 0 Å². The van der Waals surface area contributed by atoms with Crippen LogP contribution in [0.4, 0.5) is 14.5 Å². The lowest BCUT2D eigenvalue weighted by atomic mass is 10.1. The highest BCUT2D eigenvalue weighted by atomic mass is 19.1. The predicted molar refractivity (Wildman–Crippen MR) is 73.1 cm³/mol. The maximum Gasteiger partial charge on any atom is 0.241 e. The molecule has 0 aliphatic carbocycles. The van der Waals surface area contributed by atoms with Crippen LogP contribution in [0.15, 0.2) is 48.5 Å². The minimum Gasteiger partial charge on any atom is -0.322 e. The third-order valence-electron chi connectivity index (χ3n) is 2.82. The molecule has 0 saturated heterocycles. The first-order valence-corrected chi connectivity index (χ1v) is 6.11. The van der Waals surface area contributed by atoms with Gasteiger partial charge >= 0.3 is 0 Å². The van der Waals surface area contributed by atoms with Crippen LogP contribution in [0.5, 0.6) is 0 Å². The molecule has 5 heteroatoms. The van der Waals surface area contributed by atoms with Crippen LogP contribution in [0.3, 0.4) is 0 Å². The van der Waals surface area contributed by atoms with E-state index in [4.69, 9.17) is 5.73 Å². The second-order valence-corrected chi connectivity index (χ2v) is 4.41. The van der Waals surface area contributed by atoms with Crippen molar-refractivity contribution < 1.29 is 13.6 Å². The van der Waals surface area contributed by atoms with Crippen molar-refractivity contribution >= 4 is 11.6 Å². The zero-order chi connectivity index (χ0) is 14.5. The van der Waals surface area contributed by atoms with Gasteiger partial charge in [-0.1, -0.05) is 30.3 Å². The van der Waals surface area contributed by atoms with Gasteiger partial charge in [0.15, 0.2) is 0 Å². The van der Waals surface area contributed by atoms with Gasteiger partial charge in [-0.3, -0.25) is 4.79 Å². The number of amides is 1. The number of rotatable bonds is 4. The summed E-state index contributed by atoms with van der Waals surface area (Å²) >= 11 is 0. The molecule has 2 aromatic carbocycles. The van der Waals surface area contributed by atoms with Crippen molar-refractivity contribution in [1.29, 1.82) is 0 Å². The molecule has 0 aromatic heterocycles. The Bertz CT molecular complexity index is 602. The third-order valence-corrected chi connectivity index (χ3v) is 2.82. The zero-order valence-electron chi connectivity index (χ0n) is 10.6. The molecule has 0 unspecified atom stereocenters. The van der Waals surface area contributed by atoms with Crippen molar-refractivity contribution in [1.82, 2.24) is 0 Å². The van der Waals surface area contributed by atoms with Crippen LogP contribution in [0, 0.1) is 11.6 Å². The lowest BCUT2D eigenvalue weighted by Gasteiger charge is -2.12. The molecule has 0 heterocycles. The number of anilines is 1. The largest absolute Gasteiger partial charge is 0.322 e. The Kier molecular flexibility index (Phi) is 4.42. The molecule has 1 atom stereocenters. The fourth-order valence-electron chi connectivity index (χ4n) is 1.78. The SMILES string of the molecule is N[C@H](Cc1ccccc1)C(=O)Nc1ccc(F)cc1F. The molecular formula is C15H14F2N2O. The van der Waals surface area contributed by atoms with Crippen LogP contribution in [-0.4, -0.2) is 11.9 Å². The maximum absolute atomic E-state index is 13.4. The van der Waals surface area contributed by atoms with Gasteiger partial charge in [0.1, 0.15) is 11.6 Å². The first-order valence-electron chi connectivity index (χ1n) is 6.11. The van der Waals surface area contributed by atoms with Crippen LogP contribution >= 0.6 is 0 Å². The first-order chi connectivity index (χ1) is 9.56. The minimum absolute atomic E-state index is 0.0834. The Labute approximate surface area is 115 Å². The lowest BCUT2D eigenvalue weighted by molar-refractivity contribution is -0.117. The number of benzene rings is 2. The van der Waals surface area contributed by atoms with Crippen molar-refractivity contribution in [3.05, 3.63) is 65.7 Å². The van der Waals surface area contributed by atoms with Crippen LogP contribution in [0.1, 0.15) is 5.56 Å². The van der Waals surface area contributed by atoms with E-state index in [1.165, 1.54) is 0 Å². The molecule has 0 fully saturated rings. The Morgan fingerprint density at radius 1 is 1.15 bits per heavy atom. The van der Waals surface area contributed by atoms with Gasteiger partial charge in [-0.2, -0.15) is 0 Å². The van der Waals surface area contributed by atoms with Gasteiger partial charge in [0.2, 0.25) is 5.91 Å². The van der Waals surface area contributed by atoms with Gasteiger partial charge in [-0.25, -0.2) is 8.78 Å². The fraction of sp³-hybridized carbons (Fsp3) is 0.133. The zero-order valence-corrected chi connectivity index (χ0v) is 10.6. The van der Waals surface area contributed by atoms with Crippen LogP contribution in [-0.2, 0) is 11.2 Å². The monoisotopic (exact) mass is 276 g/mol. The minimum atomic E-state index is -0.828. The normalized spacial score (nSPS) is 11.9. The molecule has 3 nitrogen and oxygen atoms in total. The van der Waals surface area contributed by atoms with Crippen molar-refractivity contribution in [2.24, 2.45) is 5.73 Å². The molecule has 3 N–H and O–H groups in total. The highest BCUT2D eigenvalue weighted by Gasteiger charge is 2.16. The Hall–Kier alpha value is -2.27. The van der Waals surface area contributed by atoms with E-state index < -0.39 is 23.6 Å². The molecule has 0 aliphatic heterocycles. The third kappa shape index (κ3) is 3.61. The predicted octanol–water partition coefficient (Wildman–Crippen LogP) is 2.47. The average molecular weight is 276 g/mol. The summed E-state index contributed by atoms with van der Waals surface area (Å²) in [6.07, 6.45) is 0.343. The van der Waals surface area contributed by atoms with E-state index in [0.29, 0.717) is 12.5 Å². The molecule has 0 spiro atoms. The number of carbonyl (C=O) groups is 1. The molecule has 0 radical (unpaired) electrons. The van der Waals surface area contributed by atoms with E-state index in [0.717, 1.165) is 17.7 Å². The van der Waals surface area contributed by atoms with Crippen molar-refractivity contribution in [2.45, 2.75) is 12.5 Å². The van der Waals surface area contributed by atoms with E-state index in [2.05, 4.69) is 5.32 Å². The topological polar surface area (TPSA) is 55.1 Å². The standard InChI is InChI=1S/C15H14F2N2O/c16-11-6-7-14(12(17)9-11)19-15(20)13(18)8-10-4-2-1-3-5-10/h1-7,9,13H,8,18H2,(H,19,20)/t13-/m1/s1. The number of halogens is 2. The summed E-state index contributed by atoms with van der Waals surface area (Å²) in [5.41, 5.74) is 6.60. The Balaban J connectivity index is 2.01. The molecule has 0 saturated carbocycles. The molecule has 104 valence electrons. The molecule has 2 rings (SSSR count). The molecule has 2 aromatic rings. The Morgan fingerprint density at radius 2 is 1.85 bits per heavy atom. The van der Waals surface area contributed by atoms with Crippen molar-refractivity contribution in [3.8, 4) is 0 Å². The van der Waals surface area contributed by atoms with Crippen LogP contribution < -0.4 is 11.1 Å². The quantitative estimate of drug-likeness (QED) is 0.901. The maximum atomic E-state index is 13.4. The van der Waals surface area contributed by atoms with Crippen molar-refractivity contribution in [3.63, 3.8) is 0 Å². The van der Waals surface area contributed by atoms with Gasteiger partial charge in [-0.15, -0.1) is 0 Å². The number of hydrogen-bond donors (Lipinski definition) is 2. The van der Waals surface area contributed by atoms with E-state index >= 15 is 0 Å². The molecule has 1 amide bonds. The summed E-state index contributed by atoms with van der Waals surface area (Å²) in [7, 11) is 0. The van der Waals surface area contributed by atoms with Crippen LogP contribution in [0.25, 0.3) is 0 Å². The second-order valence-electron chi connectivity index (χ2n) is 4.41. The molecule has 20 heavy (non-hydrogen) atoms. The summed E-state index contributed by atoms with van der Waals surface area (Å²) in [5, 5.41) is 2.35. The second kappa shape index (κ2) is 6.25. The van der Waals surface area contributed by atoms with E-state index in [1.54, 1.807) is 0 Å². The summed E-state index contributed by atoms with van der Waals surface area (Å²) in [6, 6.07) is 11.4. The summed E-state index contributed by atoms with van der Waals surface area (Å²) in [6.45, 7) is 0. The lowest BCUT2D eigenvalue weighted by Crippen LogP contribution is -2.37. The van der Waals surface area contributed by atoms with E-state index in [9.17, 15) is 13.6 Å². The van der Waals surface area contributed by atoms with Gasteiger partial charge in [-0.05, 0) is 24.1 Å². The highest BCUT2D eigenvalue weighted by Crippen LogP contribution is 2.15. The number of nitrogens with two attached hydrogens (primary N) is 1. The number of nitrogens with one attached hydrogen (secondary N) is 1. The molecule has 0 bridgehead atoms. The first kappa shape index (κ1) is 14.1. The Morgan fingerprint density at radius 3 is 2.50 bits per heavy atom. The number of hydrogen-bond acceptors (Lipinski definition) is 2. The number of carbonyl (C=O) groups excluding carboxylic acids is 1. The molecular weight excluding hydrogens is 262 g/mol. The van der Waals surface area contributed by atoms with E-state index in [1.807, 2.05) is 30.3 Å².